The van der Waals surface area contributed by atoms with E-state index in [-0.39, 0.29) is 12.3 Å². The molecule has 0 aliphatic rings. The van der Waals surface area contributed by atoms with Crippen LogP contribution in [-0.2, 0) is 9.37 Å². The average molecular weight is 98.1 g/mol. The Bertz CT molecular complexity index is 11.1. The Morgan fingerprint density at radius 2 is 2.20 bits per heavy atom. The molecule has 2 N–H and O–H groups in total. The molecule has 0 aromatic heterocycles. The molecule has 0 rings (SSSR count). The van der Waals surface area contributed by atoms with Crippen molar-refractivity contribution in [1.29, 1.82) is 0 Å². The van der Waals surface area contributed by atoms with Gasteiger partial charge in [0.1, 0.15) is 0 Å². The summed E-state index contributed by atoms with van der Waals surface area (Å²) in [7, 11) is 0. The van der Waals surface area contributed by atoms with E-state index >= 15 is 0 Å². The Kier molecular flexibility index (Phi) is 4.35. The van der Waals surface area contributed by atoms with E-state index in [0.717, 1.165) is 0 Å². The van der Waals surface area contributed by atoms with Crippen molar-refractivity contribution >= 4 is 12.3 Å². The molecule has 0 aliphatic heterocycles. The molecule has 0 unspecified atom stereocenters. The summed E-state index contributed by atoms with van der Waals surface area (Å²) in [6, 6.07) is 0. The monoisotopic (exact) mass is 98.0 g/mol. The maximum atomic E-state index is 7.48. The first-order valence-electron chi connectivity index (χ1n) is 0.698. The zero-order chi connectivity index (χ0) is 4.12. The van der Waals surface area contributed by atoms with Gasteiger partial charge in [-0.05, 0) is 0 Å². The van der Waals surface area contributed by atoms with Crippen LogP contribution >= 0.6 is 12.3 Å². The molecule has 0 radical (unpaired) electrons. The van der Waals surface area contributed by atoms with Crippen LogP contribution in [0.5, 0.6) is 0 Å². The van der Waals surface area contributed by atoms with Crippen molar-refractivity contribution in [3.05, 3.63) is 0 Å². The first-order chi connectivity index (χ1) is 2.41. The lowest BCUT2D eigenvalue weighted by Gasteiger charge is -1.78. The van der Waals surface area contributed by atoms with Gasteiger partial charge in [-0.2, -0.15) is 0 Å². The fourth-order valence-electron chi connectivity index (χ4n) is 0.0136. The predicted octanol–water partition coefficient (Wildman–Crippen LogP) is 0.529. The topological polar surface area (TPSA) is 58.9 Å². The molecule has 0 aromatic rings. The largest absolute Gasteiger partial charge is 0.305 e. The summed E-state index contributed by atoms with van der Waals surface area (Å²) < 4.78 is 10.8. The van der Waals surface area contributed by atoms with E-state index < -0.39 is 0 Å². The van der Waals surface area contributed by atoms with Crippen LogP contribution in [0.1, 0.15) is 0 Å². The Morgan fingerprint density at radius 3 is 2.20 bits per heavy atom. The Morgan fingerprint density at radius 1 is 1.60 bits per heavy atom. The number of hydrogen-bond donors (Lipinski definition) is 2. The van der Waals surface area contributed by atoms with E-state index in [1.807, 2.05) is 0 Å². The van der Waals surface area contributed by atoms with Gasteiger partial charge in [-0.15, -0.1) is 4.33 Å². The van der Waals surface area contributed by atoms with Gasteiger partial charge in [0.25, 0.3) is 0 Å². The van der Waals surface area contributed by atoms with Gasteiger partial charge in [0.15, 0.2) is 12.3 Å². The predicted molar refractivity (Wildman–Crippen MR) is 15.0 cm³/mol. The Hall–Kier alpha value is 0.190. The van der Waals surface area contributed by atoms with E-state index in [9.17, 15) is 0 Å². The standard InChI is InChI=1S/H2O4S/c1-3-4-5-2/h1-2H. The van der Waals surface area contributed by atoms with Gasteiger partial charge in [-0.3, -0.25) is 0 Å². The molecule has 0 bridgehead atoms. The van der Waals surface area contributed by atoms with Gasteiger partial charge in [0.05, 0.1) is 0 Å². The van der Waals surface area contributed by atoms with E-state index in [2.05, 4.69) is 9.37 Å². The van der Waals surface area contributed by atoms with Crippen LogP contribution in [0.25, 0.3) is 0 Å². The lowest BCUT2D eigenvalue weighted by atomic mass is 14.6. The summed E-state index contributed by atoms with van der Waals surface area (Å²) in [6.45, 7) is 0. The third-order valence-electron chi connectivity index (χ3n) is 0.0609. The van der Waals surface area contributed by atoms with Gasteiger partial charge in [-0.25, -0.2) is 5.26 Å². The lowest BCUT2D eigenvalue weighted by Crippen LogP contribution is -1.72. The highest BCUT2D eigenvalue weighted by atomic mass is 32.2. The molecular weight excluding hydrogens is 96.1 g/mol. The molecular formula is H2O4S. The van der Waals surface area contributed by atoms with E-state index in [4.69, 9.17) is 9.81 Å². The summed E-state index contributed by atoms with van der Waals surface area (Å²) in [6.07, 6.45) is 0. The minimum Gasteiger partial charge on any atom is -0.305 e. The average Bonchev–Trinajstić information content (AvgIpc) is 1.41. The highest BCUT2D eigenvalue weighted by Gasteiger charge is 1.70. The van der Waals surface area contributed by atoms with Gasteiger partial charge < -0.3 is 4.55 Å². The number of hydrogen-bond acceptors (Lipinski definition) is 5. The van der Waals surface area contributed by atoms with Crippen molar-refractivity contribution in [2.75, 3.05) is 0 Å². The minimum atomic E-state index is -0.0706. The molecule has 0 spiro atoms. The third kappa shape index (κ3) is 4.19. The van der Waals surface area contributed by atoms with Crippen LogP contribution in [0.3, 0.4) is 0 Å². The maximum Gasteiger partial charge on any atom is 0.194 e. The van der Waals surface area contributed by atoms with Crippen molar-refractivity contribution < 1.29 is 19.2 Å². The first kappa shape index (κ1) is 5.19. The van der Waals surface area contributed by atoms with Crippen molar-refractivity contribution in [3.8, 4) is 0 Å². The smallest absolute Gasteiger partial charge is 0.194 e. The second-order valence-corrected chi connectivity index (χ2v) is 0.502. The summed E-state index contributed by atoms with van der Waals surface area (Å²) in [5.74, 6) is 0. The molecule has 0 amide bonds. The maximum absolute atomic E-state index is 7.48. The molecule has 0 saturated carbocycles. The summed E-state index contributed by atoms with van der Waals surface area (Å²) in [5.41, 5.74) is 0. The van der Waals surface area contributed by atoms with Crippen molar-refractivity contribution in [3.63, 3.8) is 0 Å². The Balaban J connectivity index is 2.19. The van der Waals surface area contributed by atoms with E-state index in [0.29, 0.717) is 0 Å². The van der Waals surface area contributed by atoms with E-state index in [1.165, 1.54) is 0 Å². The summed E-state index contributed by atoms with van der Waals surface area (Å²) >= 11 is -0.0706. The SMILES string of the molecule is OOOSO. The molecule has 4 nitrogen and oxygen atoms in total. The molecule has 0 fully saturated rings. The van der Waals surface area contributed by atoms with Gasteiger partial charge in [-0.1, -0.05) is 5.04 Å². The molecule has 5 heteroatoms. The molecule has 0 saturated heterocycles. The molecule has 0 aromatic carbocycles. The normalized spacial score (nSPS) is 8.40. The lowest BCUT2D eigenvalue weighted by molar-refractivity contribution is -0.434. The van der Waals surface area contributed by atoms with Crippen LogP contribution in [-0.4, -0.2) is 9.81 Å². The molecule has 5 heavy (non-hydrogen) atoms. The second-order valence-electron chi connectivity index (χ2n) is 0.217. The van der Waals surface area contributed by atoms with Crippen molar-refractivity contribution in [2.45, 2.75) is 0 Å². The first-order valence-corrected chi connectivity index (χ1v) is 1.40. The zero-order valence-corrected chi connectivity index (χ0v) is 2.94. The van der Waals surface area contributed by atoms with Crippen LogP contribution in [0.15, 0.2) is 0 Å². The highest BCUT2D eigenvalue weighted by Crippen LogP contribution is 1.89. The number of rotatable bonds is 2. The van der Waals surface area contributed by atoms with Crippen LogP contribution in [0.4, 0.5) is 0 Å². The molecule has 0 atom stereocenters. The summed E-state index contributed by atoms with van der Waals surface area (Å²) in [4.78, 5) is 0. The van der Waals surface area contributed by atoms with E-state index in [1.54, 1.807) is 0 Å². The second kappa shape index (κ2) is 4.19. The fraction of sp³-hybridized carbons (Fsp3) is 0. The molecule has 0 heterocycles. The van der Waals surface area contributed by atoms with Crippen LogP contribution in [0, 0.1) is 0 Å². The van der Waals surface area contributed by atoms with Gasteiger partial charge >= 0.3 is 0 Å². The zero-order valence-electron chi connectivity index (χ0n) is 2.12. The van der Waals surface area contributed by atoms with Crippen LogP contribution < -0.4 is 0 Å². The van der Waals surface area contributed by atoms with Gasteiger partial charge in [0.2, 0.25) is 0 Å². The highest BCUT2D eigenvalue weighted by molar-refractivity contribution is 7.88. The minimum absolute atomic E-state index is 0.0706. The molecule has 32 valence electrons. The van der Waals surface area contributed by atoms with Crippen LogP contribution in [0.2, 0.25) is 0 Å². The van der Waals surface area contributed by atoms with Crippen molar-refractivity contribution in [2.24, 2.45) is 0 Å². The molecule has 0 aliphatic carbocycles. The van der Waals surface area contributed by atoms with Gasteiger partial charge in [0, 0.05) is 0 Å². The third-order valence-corrected chi connectivity index (χ3v) is 0.183. The Labute approximate surface area is 32.6 Å². The van der Waals surface area contributed by atoms with Crippen molar-refractivity contribution in [1.82, 2.24) is 0 Å². The quantitative estimate of drug-likeness (QED) is 0.299. The summed E-state index contributed by atoms with van der Waals surface area (Å²) in [5, 5.41) is 10.1. The fourth-order valence-corrected chi connectivity index (χ4v) is 0.0408.